The van der Waals surface area contributed by atoms with E-state index in [1.807, 2.05) is 31.3 Å². The number of aliphatic imine (C=N–C) groups is 1. The SMILES string of the molecule is CC(NC(N)=NCCc1cccnc1)c1ccc(Cl)cc1Cl. The predicted molar refractivity (Wildman–Crippen MR) is 92.4 cm³/mol. The van der Waals surface area contributed by atoms with Gasteiger partial charge in [0.05, 0.1) is 6.04 Å². The van der Waals surface area contributed by atoms with Gasteiger partial charge in [0.2, 0.25) is 0 Å². The maximum absolute atomic E-state index is 6.18. The second-order valence-corrected chi connectivity index (χ2v) is 5.75. The first-order valence-corrected chi connectivity index (χ1v) is 7.72. The highest BCUT2D eigenvalue weighted by Crippen LogP contribution is 2.25. The van der Waals surface area contributed by atoms with Gasteiger partial charge in [-0.25, -0.2) is 0 Å². The van der Waals surface area contributed by atoms with E-state index in [1.165, 1.54) is 0 Å². The lowest BCUT2D eigenvalue weighted by atomic mass is 10.1. The molecule has 1 unspecified atom stereocenters. The topological polar surface area (TPSA) is 63.3 Å². The van der Waals surface area contributed by atoms with Gasteiger partial charge < -0.3 is 11.1 Å². The van der Waals surface area contributed by atoms with Crippen LogP contribution in [0.15, 0.2) is 47.7 Å². The average molecular weight is 337 g/mol. The summed E-state index contributed by atoms with van der Waals surface area (Å²) in [7, 11) is 0. The van der Waals surface area contributed by atoms with E-state index in [4.69, 9.17) is 28.9 Å². The van der Waals surface area contributed by atoms with E-state index in [9.17, 15) is 0 Å². The zero-order valence-corrected chi connectivity index (χ0v) is 13.8. The minimum atomic E-state index is -0.0492. The summed E-state index contributed by atoms with van der Waals surface area (Å²) >= 11 is 12.1. The Labute approximate surface area is 140 Å². The van der Waals surface area contributed by atoms with Crippen molar-refractivity contribution in [3.05, 3.63) is 63.9 Å². The van der Waals surface area contributed by atoms with Gasteiger partial charge in [-0.05, 0) is 42.7 Å². The average Bonchev–Trinajstić information content (AvgIpc) is 2.48. The third-order valence-electron chi connectivity index (χ3n) is 3.20. The van der Waals surface area contributed by atoms with Crippen LogP contribution in [0.3, 0.4) is 0 Å². The number of nitrogens with zero attached hydrogens (tertiary/aromatic N) is 2. The summed E-state index contributed by atoms with van der Waals surface area (Å²) in [5.74, 6) is 0.391. The number of nitrogens with two attached hydrogens (primary N) is 1. The zero-order valence-electron chi connectivity index (χ0n) is 12.3. The van der Waals surface area contributed by atoms with Crippen LogP contribution in [0, 0.1) is 0 Å². The molecule has 22 heavy (non-hydrogen) atoms. The van der Waals surface area contributed by atoms with Crippen molar-refractivity contribution in [1.82, 2.24) is 10.3 Å². The summed E-state index contributed by atoms with van der Waals surface area (Å²) < 4.78 is 0. The van der Waals surface area contributed by atoms with E-state index in [2.05, 4.69) is 15.3 Å². The summed E-state index contributed by atoms with van der Waals surface area (Å²) in [4.78, 5) is 8.39. The Morgan fingerprint density at radius 2 is 2.18 bits per heavy atom. The molecule has 3 N–H and O–H groups in total. The van der Waals surface area contributed by atoms with Crippen LogP contribution in [-0.2, 0) is 6.42 Å². The molecule has 0 saturated carbocycles. The van der Waals surface area contributed by atoms with Crippen LogP contribution < -0.4 is 11.1 Å². The maximum atomic E-state index is 6.18. The molecule has 0 spiro atoms. The third-order valence-corrected chi connectivity index (χ3v) is 3.76. The number of rotatable bonds is 5. The lowest BCUT2D eigenvalue weighted by Gasteiger charge is -2.16. The van der Waals surface area contributed by atoms with E-state index < -0.39 is 0 Å². The number of halogens is 2. The zero-order chi connectivity index (χ0) is 15.9. The Morgan fingerprint density at radius 3 is 2.86 bits per heavy atom. The number of guanidine groups is 1. The highest BCUT2D eigenvalue weighted by atomic mass is 35.5. The second-order valence-electron chi connectivity index (χ2n) is 4.91. The first kappa shape index (κ1) is 16.6. The molecule has 116 valence electrons. The molecule has 1 aromatic carbocycles. The highest BCUT2D eigenvalue weighted by molar-refractivity contribution is 6.35. The monoisotopic (exact) mass is 336 g/mol. The fraction of sp³-hybridized carbons (Fsp3) is 0.250. The Kier molecular flexibility index (Phi) is 6.04. The molecule has 1 aromatic heterocycles. The van der Waals surface area contributed by atoms with Crippen molar-refractivity contribution in [2.75, 3.05) is 6.54 Å². The van der Waals surface area contributed by atoms with Crippen LogP contribution in [0.2, 0.25) is 10.0 Å². The minimum Gasteiger partial charge on any atom is -0.370 e. The van der Waals surface area contributed by atoms with E-state index in [0.717, 1.165) is 17.5 Å². The van der Waals surface area contributed by atoms with Gasteiger partial charge in [0.25, 0.3) is 0 Å². The van der Waals surface area contributed by atoms with Gasteiger partial charge in [0.1, 0.15) is 0 Å². The van der Waals surface area contributed by atoms with Crippen LogP contribution in [0.25, 0.3) is 0 Å². The van der Waals surface area contributed by atoms with Crippen molar-refractivity contribution in [2.45, 2.75) is 19.4 Å². The van der Waals surface area contributed by atoms with E-state index in [0.29, 0.717) is 22.5 Å². The van der Waals surface area contributed by atoms with Crippen LogP contribution in [0.5, 0.6) is 0 Å². The smallest absolute Gasteiger partial charge is 0.189 e. The van der Waals surface area contributed by atoms with Gasteiger partial charge in [-0.15, -0.1) is 0 Å². The van der Waals surface area contributed by atoms with Crippen molar-refractivity contribution < 1.29 is 0 Å². The Balaban J connectivity index is 1.90. The van der Waals surface area contributed by atoms with Gasteiger partial charge in [0.15, 0.2) is 5.96 Å². The molecule has 0 saturated heterocycles. The highest BCUT2D eigenvalue weighted by Gasteiger charge is 2.10. The molecule has 0 aliphatic carbocycles. The van der Waals surface area contributed by atoms with E-state index >= 15 is 0 Å². The summed E-state index contributed by atoms with van der Waals surface area (Å²) in [6.07, 6.45) is 4.38. The van der Waals surface area contributed by atoms with Crippen LogP contribution in [-0.4, -0.2) is 17.5 Å². The quantitative estimate of drug-likeness (QED) is 0.647. The molecule has 1 atom stereocenters. The van der Waals surface area contributed by atoms with Crippen molar-refractivity contribution in [3.63, 3.8) is 0 Å². The molecular formula is C16H18Cl2N4. The number of hydrogen-bond donors (Lipinski definition) is 2. The number of pyridine rings is 1. The summed E-state index contributed by atoms with van der Waals surface area (Å²) in [6, 6.07) is 9.27. The summed E-state index contributed by atoms with van der Waals surface area (Å²) in [5.41, 5.74) is 7.97. The lowest BCUT2D eigenvalue weighted by Crippen LogP contribution is -2.34. The summed E-state index contributed by atoms with van der Waals surface area (Å²) in [6.45, 7) is 2.57. The molecule has 0 radical (unpaired) electrons. The van der Waals surface area contributed by atoms with Gasteiger partial charge in [-0.1, -0.05) is 35.3 Å². The molecule has 0 amide bonds. The van der Waals surface area contributed by atoms with Crippen LogP contribution in [0.4, 0.5) is 0 Å². The van der Waals surface area contributed by atoms with Crippen LogP contribution >= 0.6 is 23.2 Å². The number of hydrogen-bond acceptors (Lipinski definition) is 2. The number of benzene rings is 1. The molecular weight excluding hydrogens is 319 g/mol. The fourth-order valence-electron chi connectivity index (χ4n) is 2.05. The molecule has 1 heterocycles. The van der Waals surface area contributed by atoms with Gasteiger partial charge in [0, 0.05) is 29.0 Å². The molecule has 4 nitrogen and oxygen atoms in total. The Hall–Kier alpha value is -1.78. The normalized spacial score (nSPS) is 13.0. The van der Waals surface area contributed by atoms with Gasteiger partial charge >= 0.3 is 0 Å². The molecule has 0 fully saturated rings. The largest absolute Gasteiger partial charge is 0.370 e. The maximum Gasteiger partial charge on any atom is 0.189 e. The molecule has 0 aliphatic heterocycles. The van der Waals surface area contributed by atoms with E-state index in [1.54, 1.807) is 18.3 Å². The first-order chi connectivity index (χ1) is 10.6. The fourth-order valence-corrected chi connectivity index (χ4v) is 2.62. The molecule has 6 heteroatoms. The molecule has 0 aliphatic rings. The van der Waals surface area contributed by atoms with Crippen LogP contribution in [0.1, 0.15) is 24.1 Å². The standard InChI is InChI=1S/C16H18Cl2N4/c1-11(14-5-4-13(17)9-15(14)18)22-16(19)21-8-6-12-3-2-7-20-10-12/h2-5,7,9-11H,6,8H2,1H3,(H3,19,21,22). The second kappa shape index (κ2) is 8.01. The number of nitrogens with one attached hydrogen (secondary N) is 1. The van der Waals surface area contributed by atoms with Crippen molar-refractivity contribution in [2.24, 2.45) is 10.7 Å². The minimum absolute atomic E-state index is 0.0492. The third kappa shape index (κ3) is 4.90. The van der Waals surface area contributed by atoms with Crippen molar-refractivity contribution >= 4 is 29.2 Å². The van der Waals surface area contributed by atoms with Crippen molar-refractivity contribution in [1.29, 1.82) is 0 Å². The lowest BCUT2D eigenvalue weighted by molar-refractivity contribution is 0.707. The van der Waals surface area contributed by atoms with Gasteiger partial charge in [-0.2, -0.15) is 0 Å². The predicted octanol–water partition coefficient (Wildman–Crippen LogP) is 3.60. The Bertz CT molecular complexity index is 644. The molecule has 0 bridgehead atoms. The Morgan fingerprint density at radius 1 is 1.36 bits per heavy atom. The van der Waals surface area contributed by atoms with Gasteiger partial charge in [-0.3, -0.25) is 9.98 Å². The summed E-state index contributed by atoms with van der Waals surface area (Å²) in [5, 5.41) is 4.34. The molecule has 2 rings (SSSR count). The first-order valence-electron chi connectivity index (χ1n) is 6.96. The number of aromatic nitrogens is 1. The van der Waals surface area contributed by atoms with E-state index in [-0.39, 0.29) is 6.04 Å². The van der Waals surface area contributed by atoms with Crippen molar-refractivity contribution in [3.8, 4) is 0 Å². The molecule has 2 aromatic rings.